The fraction of sp³-hybridized carbons (Fsp3) is 0.143. The van der Waals surface area contributed by atoms with E-state index in [1.54, 1.807) is 6.92 Å². The average Bonchev–Trinajstić information content (AvgIpc) is 2.66. The Bertz CT molecular complexity index is 952. The highest BCUT2D eigenvalue weighted by Gasteiger charge is 2.14. The Morgan fingerprint density at radius 1 is 1.04 bits per heavy atom. The van der Waals surface area contributed by atoms with Gasteiger partial charge in [0.1, 0.15) is 5.75 Å². The van der Waals surface area contributed by atoms with E-state index in [1.165, 1.54) is 0 Å². The van der Waals surface area contributed by atoms with Crippen LogP contribution >= 0.6 is 15.9 Å². The van der Waals surface area contributed by atoms with E-state index in [2.05, 4.69) is 26.5 Å². The van der Waals surface area contributed by atoms with E-state index in [4.69, 9.17) is 4.74 Å². The summed E-state index contributed by atoms with van der Waals surface area (Å²) in [7, 11) is 0. The smallest absolute Gasteiger partial charge is 0.280 e. The highest BCUT2D eigenvalue weighted by atomic mass is 79.9. The van der Waals surface area contributed by atoms with Crippen molar-refractivity contribution in [2.24, 2.45) is 5.10 Å². The quantitative estimate of drug-likeness (QED) is 0.479. The zero-order chi connectivity index (χ0) is 18.5. The predicted molar refractivity (Wildman–Crippen MR) is 109 cm³/mol. The summed E-state index contributed by atoms with van der Waals surface area (Å²) in [6, 6.07) is 21.5. The largest absolute Gasteiger partial charge is 0.481 e. The van der Waals surface area contributed by atoms with Crippen LogP contribution in [0.2, 0.25) is 0 Å². The first kappa shape index (κ1) is 18.1. The molecule has 1 amide bonds. The average molecular weight is 411 g/mol. The zero-order valence-electron chi connectivity index (χ0n) is 14.6. The van der Waals surface area contributed by atoms with Crippen LogP contribution in [-0.2, 0) is 4.79 Å². The van der Waals surface area contributed by atoms with E-state index in [0.29, 0.717) is 5.75 Å². The van der Waals surface area contributed by atoms with Crippen molar-refractivity contribution in [2.75, 3.05) is 0 Å². The van der Waals surface area contributed by atoms with Crippen molar-refractivity contribution in [3.63, 3.8) is 0 Å². The maximum absolute atomic E-state index is 12.3. The molecule has 0 spiro atoms. The number of amides is 1. The van der Waals surface area contributed by atoms with Gasteiger partial charge < -0.3 is 4.74 Å². The molecule has 0 heterocycles. The van der Waals surface area contributed by atoms with Gasteiger partial charge in [0.05, 0.1) is 5.71 Å². The maximum Gasteiger partial charge on any atom is 0.280 e. The van der Waals surface area contributed by atoms with Crippen LogP contribution in [-0.4, -0.2) is 17.7 Å². The first-order valence-electron chi connectivity index (χ1n) is 8.28. The van der Waals surface area contributed by atoms with Crippen LogP contribution in [0.1, 0.15) is 19.4 Å². The van der Waals surface area contributed by atoms with Gasteiger partial charge in [-0.2, -0.15) is 5.10 Å². The van der Waals surface area contributed by atoms with Gasteiger partial charge in [-0.15, -0.1) is 0 Å². The maximum atomic E-state index is 12.3. The summed E-state index contributed by atoms with van der Waals surface area (Å²) in [5.74, 6) is 0.356. The third-order valence-corrected chi connectivity index (χ3v) is 4.53. The molecule has 3 aromatic rings. The molecule has 3 aromatic carbocycles. The van der Waals surface area contributed by atoms with Gasteiger partial charge >= 0.3 is 0 Å². The Morgan fingerprint density at radius 2 is 1.73 bits per heavy atom. The standard InChI is InChI=1S/C21H19BrN2O2/c1-14(16-7-10-19(22)11-8-16)23-24-21(25)15(2)26-20-12-9-17-5-3-4-6-18(17)13-20/h3-13,15H,1-2H3,(H,24,25). The lowest BCUT2D eigenvalue weighted by molar-refractivity contribution is -0.127. The summed E-state index contributed by atoms with van der Waals surface area (Å²) in [5, 5.41) is 6.36. The molecule has 26 heavy (non-hydrogen) atoms. The number of rotatable bonds is 5. The van der Waals surface area contributed by atoms with Crippen molar-refractivity contribution < 1.29 is 9.53 Å². The molecule has 0 bridgehead atoms. The lowest BCUT2D eigenvalue weighted by Crippen LogP contribution is -2.33. The van der Waals surface area contributed by atoms with E-state index in [1.807, 2.05) is 73.7 Å². The van der Waals surface area contributed by atoms with E-state index in [-0.39, 0.29) is 5.91 Å². The van der Waals surface area contributed by atoms with E-state index in [0.717, 1.165) is 26.5 Å². The fourth-order valence-electron chi connectivity index (χ4n) is 2.48. The number of nitrogens with one attached hydrogen (secondary N) is 1. The lowest BCUT2D eigenvalue weighted by Gasteiger charge is -2.14. The molecule has 0 saturated carbocycles. The number of ether oxygens (including phenoxy) is 1. The van der Waals surface area contributed by atoms with E-state index >= 15 is 0 Å². The van der Waals surface area contributed by atoms with Crippen LogP contribution in [0, 0.1) is 0 Å². The second-order valence-electron chi connectivity index (χ2n) is 5.95. The summed E-state index contributed by atoms with van der Waals surface area (Å²) in [4.78, 5) is 12.3. The molecule has 0 radical (unpaired) electrons. The summed E-state index contributed by atoms with van der Waals surface area (Å²) in [5.41, 5.74) is 4.23. The van der Waals surface area contributed by atoms with Crippen LogP contribution < -0.4 is 10.2 Å². The Kier molecular flexibility index (Phi) is 5.68. The number of carbonyl (C=O) groups excluding carboxylic acids is 1. The Morgan fingerprint density at radius 3 is 2.46 bits per heavy atom. The van der Waals surface area contributed by atoms with Crippen molar-refractivity contribution in [3.05, 3.63) is 76.8 Å². The normalized spacial score (nSPS) is 12.7. The molecular formula is C21H19BrN2O2. The van der Waals surface area contributed by atoms with Gasteiger partial charge in [-0.1, -0.05) is 58.4 Å². The summed E-state index contributed by atoms with van der Waals surface area (Å²) in [6.45, 7) is 3.55. The van der Waals surface area contributed by atoms with Crippen LogP contribution in [0.25, 0.3) is 10.8 Å². The summed E-state index contributed by atoms with van der Waals surface area (Å²) in [6.07, 6.45) is -0.655. The number of halogens is 1. The van der Waals surface area contributed by atoms with Crippen LogP contribution in [0.5, 0.6) is 5.75 Å². The highest BCUT2D eigenvalue weighted by molar-refractivity contribution is 9.10. The molecule has 1 N–H and O–H groups in total. The third kappa shape index (κ3) is 4.49. The van der Waals surface area contributed by atoms with E-state index in [9.17, 15) is 4.79 Å². The zero-order valence-corrected chi connectivity index (χ0v) is 16.2. The second-order valence-corrected chi connectivity index (χ2v) is 6.86. The molecule has 0 saturated heterocycles. The third-order valence-electron chi connectivity index (χ3n) is 4.00. The van der Waals surface area contributed by atoms with Gasteiger partial charge in [0.25, 0.3) is 5.91 Å². The van der Waals surface area contributed by atoms with Crippen molar-refractivity contribution in [1.29, 1.82) is 0 Å². The molecule has 0 aliphatic heterocycles. The number of fused-ring (bicyclic) bond motifs is 1. The van der Waals surface area contributed by atoms with Gasteiger partial charge in [0.2, 0.25) is 0 Å². The van der Waals surface area contributed by atoms with Crippen LogP contribution in [0.3, 0.4) is 0 Å². The summed E-state index contributed by atoms with van der Waals surface area (Å²) >= 11 is 3.40. The van der Waals surface area contributed by atoms with Crippen molar-refractivity contribution >= 4 is 38.3 Å². The van der Waals surface area contributed by atoms with Gasteiger partial charge in [-0.3, -0.25) is 4.79 Å². The number of nitrogens with zero attached hydrogens (tertiary/aromatic N) is 1. The first-order chi connectivity index (χ1) is 12.5. The lowest BCUT2D eigenvalue weighted by atomic mass is 10.1. The number of carbonyl (C=O) groups is 1. The number of benzene rings is 3. The molecule has 0 aliphatic rings. The molecule has 0 aliphatic carbocycles. The van der Waals surface area contributed by atoms with Gasteiger partial charge in [-0.25, -0.2) is 5.43 Å². The van der Waals surface area contributed by atoms with Gasteiger partial charge in [0, 0.05) is 4.47 Å². The number of hydrogen-bond donors (Lipinski definition) is 1. The Labute approximate surface area is 161 Å². The molecule has 0 fully saturated rings. The molecule has 3 rings (SSSR count). The van der Waals surface area contributed by atoms with Crippen molar-refractivity contribution in [2.45, 2.75) is 20.0 Å². The minimum Gasteiger partial charge on any atom is -0.481 e. The van der Waals surface area contributed by atoms with Crippen LogP contribution in [0.15, 0.2) is 76.3 Å². The molecule has 1 atom stereocenters. The monoisotopic (exact) mass is 410 g/mol. The highest BCUT2D eigenvalue weighted by Crippen LogP contribution is 2.21. The molecule has 132 valence electrons. The predicted octanol–water partition coefficient (Wildman–Crippen LogP) is 4.91. The van der Waals surface area contributed by atoms with Gasteiger partial charge in [0.15, 0.2) is 6.10 Å². The van der Waals surface area contributed by atoms with Crippen molar-refractivity contribution in [1.82, 2.24) is 5.43 Å². The summed E-state index contributed by atoms with van der Waals surface area (Å²) < 4.78 is 6.75. The minimum absolute atomic E-state index is 0.297. The number of hydrogen-bond acceptors (Lipinski definition) is 3. The molecular weight excluding hydrogens is 392 g/mol. The van der Waals surface area contributed by atoms with Crippen molar-refractivity contribution in [3.8, 4) is 5.75 Å². The minimum atomic E-state index is -0.655. The number of hydrazone groups is 1. The van der Waals surface area contributed by atoms with Crippen LogP contribution in [0.4, 0.5) is 0 Å². The molecule has 4 nitrogen and oxygen atoms in total. The topological polar surface area (TPSA) is 50.7 Å². The fourth-order valence-corrected chi connectivity index (χ4v) is 2.75. The SMILES string of the molecule is CC(=NNC(=O)C(C)Oc1ccc2ccccc2c1)c1ccc(Br)cc1. The van der Waals surface area contributed by atoms with E-state index < -0.39 is 6.10 Å². The van der Waals surface area contributed by atoms with Gasteiger partial charge in [-0.05, 0) is 54.4 Å². The second kappa shape index (κ2) is 8.15. The molecule has 1 unspecified atom stereocenters. The molecule has 0 aromatic heterocycles. The Hall–Kier alpha value is -2.66. The first-order valence-corrected chi connectivity index (χ1v) is 9.08. The molecule has 5 heteroatoms. The Balaban J connectivity index is 1.63.